The maximum absolute atomic E-state index is 14.6. The zero-order chi connectivity index (χ0) is 27.4. The van der Waals surface area contributed by atoms with Crippen molar-refractivity contribution >= 4 is 25.6 Å². The van der Waals surface area contributed by atoms with Crippen LogP contribution in [0.3, 0.4) is 0 Å². The van der Waals surface area contributed by atoms with E-state index < -0.39 is 68.8 Å². The molecule has 1 saturated heterocycles. The third kappa shape index (κ3) is 5.14. The molecule has 2 aliphatic rings. The first-order valence-electron chi connectivity index (χ1n) is 11.8. The molecule has 0 unspecified atom stereocenters. The van der Waals surface area contributed by atoms with Crippen molar-refractivity contribution in [2.75, 3.05) is 13.1 Å². The Morgan fingerprint density at radius 1 is 0.919 bits per heavy atom. The first kappa shape index (κ1) is 27.6. The van der Waals surface area contributed by atoms with Gasteiger partial charge in [0.25, 0.3) is 5.91 Å². The van der Waals surface area contributed by atoms with Gasteiger partial charge in [0.05, 0.1) is 20.5 Å². The monoisotopic (exact) mass is 561 g/mol. The molecule has 6 nitrogen and oxygen atoms in total. The number of nitrogens with zero attached hydrogens (tertiary/aromatic N) is 1. The van der Waals surface area contributed by atoms with Crippen molar-refractivity contribution < 1.29 is 39.2 Å². The van der Waals surface area contributed by atoms with Crippen molar-refractivity contribution in [1.82, 2.24) is 4.90 Å². The van der Waals surface area contributed by atoms with E-state index in [0.29, 0.717) is 18.9 Å². The molecule has 4 rings (SSSR count). The number of sulfone groups is 2. The summed E-state index contributed by atoms with van der Waals surface area (Å²) in [6, 6.07) is 6.94. The Morgan fingerprint density at radius 3 is 2.08 bits per heavy atom. The molecule has 2 fully saturated rings. The fraction of sp³-hybridized carbons (Fsp3) is 0.480. The predicted octanol–water partition coefficient (Wildman–Crippen LogP) is 4.89. The highest BCUT2D eigenvalue weighted by atomic mass is 32.2. The second kappa shape index (κ2) is 9.37. The van der Waals surface area contributed by atoms with E-state index in [1.165, 1.54) is 24.8 Å². The first-order valence-corrected chi connectivity index (χ1v) is 14.8. The zero-order valence-corrected chi connectivity index (χ0v) is 21.9. The molecule has 1 aliphatic heterocycles. The highest BCUT2D eigenvalue weighted by molar-refractivity contribution is 7.93. The molecule has 2 aromatic rings. The summed E-state index contributed by atoms with van der Waals surface area (Å²) >= 11 is 0. The minimum atomic E-state index is -4.68. The molecular formula is C25H27F4NO5S2. The Bertz CT molecular complexity index is 1420. The van der Waals surface area contributed by atoms with Crippen molar-refractivity contribution in [1.29, 1.82) is 0 Å². The van der Waals surface area contributed by atoms with Crippen LogP contribution < -0.4 is 0 Å². The predicted molar refractivity (Wildman–Crippen MR) is 128 cm³/mol. The molecule has 0 atom stereocenters. The van der Waals surface area contributed by atoms with Gasteiger partial charge in [-0.15, -0.1) is 0 Å². The Balaban J connectivity index is 1.47. The van der Waals surface area contributed by atoms with E-state index in [9.17, 15) is 39.2 Å². The van der Waals surface area contributed by atoms with Gasteiger partial charge < -0.3 is 4.90 Å². The lowest BCUT2D eigenvalue weighted by molar-refractivity contribution is -0.137. The van der Waals surface area contributed by atoms with Crippen LogP contribution >= 0.6 is 0 Å². The molecule has 2 aromatic carbocycles. The SMILES string of the molecule is CC(C)(C1CCN(C(=O)c2ccc(S(=O)(=O)C3CC3)c(F)c2)CC1)S(=O)(=O)c1cccc(C(F)(F)F)c1. The minimum absolute atomic E-state index is 0.0125. The number of carbonyl (C=O) groups excluding carboxylic acids is 1. The molecule has 1 saturated carbocycles. The van der Waals surface area contributed by atoms with Crippen LogP contribution in [0.1, 0.15) is 55.5 Å². The topological polar surface area (TPSA) is 88.6 Å². The van der Waals surface area contributed by atoms with Gasteiger partial charge in [0, 0.05) is 18.7 Å². The van der Waals surface area contributed by atoms with E-state index in [-0.39, 0.29) is 31.5 Å². The van der Waals surface area contributed by atoms with E-state index in [0.717, 1.165) is 30.3 Å². The summed E-state index contributed by atoms with van der Waals surface area (Å²) in [5, 5.41) is -0.585. The van der Waals surface area contributed by atoms with Crippen LogP contribution in [0.4, 0.5) is 17.6 Å². The number of alkyl halides is 3. The molecule has 1 amide bonds. The van der Waals surface area contributed by atoms with Gasteiger partial charge in [-0.05, 0) is 81.8 Å². The molecule has 1 aliphatic carbocycles. The second-order valence-electron chi connectivity index (χ2n) is 10.1. The van der Waals surface area contributed by atoms with Gasteiger partial charge in [-0.25, -0.2) is 21.2 Å². The Labute approximate surface area is 213 Å². The fourth-order valence-electron chi connectivity index (χ4n) is 4.75. The lowest BCUT2D eigenvalue weighted by atomic mass is 9.85. The van der Waals surface area contributed by atoms with E-state index in [1.54, 1.807) is 0 Å². The van der Waals surface area contributed by atoms with Gasteiger partial charge in [-0.2, -0.15) is 13.2 Å². The molecule has 37 heavy (non-hydrogen) atoms. The minimum Gasteiger partial charge on any atom is -0.339 e. The third-order valence-corrected chi connectivity index (χ3v) is 12.3. The maximum atomic E-state index is 14.6. The van der Waals surface area contributed by atoms with Crippen molar-refractivity contribution in [3.05, 3.63) is 59.4 Å². The van der Waals surface area contributed by atoms with Gasteiger partial charge in [-0.1, -0.05) is 6.07 Å². The Kier molecular flexibility index (Phi) is 6.98. The molecule has 202 valence electrons. The van der Waals surface area contributed by atoms with Crippen LogP contribution in [-0.2, 0) is 25.9 Å². The van der Waals surface area contributed by atoms with Crippen LogP contribution in [0.25, 0.3) is 0 Å². The standard InChI is InChI=1S/C25H27F4NO5S2/c1-24(2,37(34,35)20-5-3-4-18(15-20)25(27,28)29)17-10-12-30(13-11-17)23(31)16-6-9-22(21(26)14-16)36(32,33)19-7-8-19/h3-6,9,14-15,17,19H,7-8,10-13H2,1-2H3. The number of benzene rings is 2. The Morgan fingerprint density at radius 2 is 1.54 bits per heavy atom. The summed E-state index contributed by atoms with van der Waals surface area (Å²) in [5.41, 5.74) is -1.06. The number of hydrogen-bond acceptors (Lipinski definition) is 5. The van der Waals surface area contributed by atoms with Crippen molar-refractivity contribution in [3.63, 3.8) is 0 Å². The normalized spacial score (nSPS) is 18.2. The van der Waals surface area contributed by atoms with Crippen LogP contribution in [0.2, 0.25) is 0 Å². The third-order valence-electron chi connectivity index (χ3n) is 7.38. The molecule has 0 spiro atoms. The van der Waals surface area contributed by atoms with Crippen LogP contribution in [0.5, 0.6) is 0 Å². The molecular weight excluding hydrogens is 534 g/mol. The number of hydrogen-bond donors (Lipinski definition) is 0. The van der Waals surface area contributed by atoms with Crippen LogP contribution in [0, 0.1) is 11.7 Å². The zero-order valence-electron chi connectivity index (χ0n) is 20.3. The van der Waals surface area contributed by atoms with Gasteiger partial charge in [-0.3, -0.25) is 4.79 Å². The van der Waals surface area contributed by atoms with E-state index in [4.69, 9.17) is 0 Å². The molecule has 0 radical (unpaired) electrons. The average molecular weight is 562 g/mol. The molecule has 12 heteroatoms. The summed E-state index contributed by atoms with van der Waals surface area (Å²) in [7, 11) is -7.90. The molecule has 1 heterocycles. The second-order valence-corrected chi connectivity index (χ2v) is 14.8. The van der Waals surface area contributed by atoms with E-state index in [1.807, 2.05) is 0 Å². The fourth-order valence-corrected chi connectivity index (χ4v) is 8.27. The number of amides is 1. The summed E-state index contributed by atoms with van der Waals surface area (Å²) in [6.07, 6.45) is -3.17. The largest absolute Gasteiger partial charge is 0.416 e. The summed E-state index contributed by atoms with van der Waals surface area (Å²) < 4.78 is 104. The van der Waals surface area contributed by atoms with Crippen LogP contribution in [0.15, 0.2) is 52.3 Å². The molecule has 0 N–H and O–H groups in total. The number of piperidine rings is 1. The number of carbonyl (C=O) groups is 1. The van der Waals surface area contributed by atoms with Crippen molar-refractivity contribution in [3.8, 4) is 0 Å². The molecule has 0 aromatic heterocycles. The molecule has 0 bridgehead atoms. The first-order chi connectivity index (χ1) is 17.1. The highest BCUT2D eigenvalue weighted by Gasteiger charge is 2.45. The van der Waals surface area contributed by atoms with Crippen LogP contribution in [-0.4, -0.2) is 50.7 Å². The van der Waals surface area contributed by atoms with Gasteiger partial charge >= 0.3 is 6.18 Å². The summed E-state index contributed by atoms with van der Waals surface area (Å²) in [4.78, 5) is 13.5. The van der Waals surface area contributed by atoms with Gasteiger partial charge in [0.1, 0.15) is 10.7 Å². The summed E-state index contributed by atoms with van der Waals surface area (Å²) in [5.74, 6) is -1.94. The quantitative estimate of drug-likeness (QED) is 0.469. The average Bonchev–Trinajstić information content (AvgIpc) is 3.69. The van der Waals surface area contributed by atoms with E-state index in [2.05, 4.69) is 0 Å². The van der Waals surface area contributed by atoms with Gasteiger partial charge in [0.15, 0.2) is 19.7 Å². The van der Waals surface area contributed by atoms with Crippen molar-refractivity contribution in [2.45, 2.75) is 65.5 Å². The lowest BCUT2D eigenvalue weighted by Gasteiger charge is -2.40. The van der Waals surface area contributed by atoms with Gasteiger partial charge in [0.2, 0.25) is 0 Å². The number of rotatable bonds is 6. The summed E-state index contributed by atoms with van der Waals surface area (Å²) in [6.45, 7) is 3.27. The highest BCUT2D eigenvalue weighted by Crippen LogP contribution is 2.40. The lowest BCUT2D eigenvalue weighted by Crippen LogP contribution is -2.47. The van der Waals surface area contributed by atoms with E-state index >= 15 is 0 Å². The Hall–Kier alpha value is -2.47. The number of halogens is 4. The number of likely N-dealkylation sites (tertiary alicyclic amines) is 1. The van der Waals surface area contributed by atoms with Crippen molar-refractivity contribution in [2.24, 2.45) is 5.92 Å². The maximum Gasteiger partial charge on any atom is 0.416 e. The smallest absolute Gasteiger partial charge is 0.339 e.